The van der Waals surface area contributed by atoms with Gasteiger partial charge in [0.15, 0.2) is 0 Å². The maximum atomic E-state index is 11.4. The number of hydrogen-bond acceptors (Lipinski definition) is 3. The molecule has 1 N–H and O–H groups in total. The number of carbonyl (C=O) groups excluding carboxylic acids is 2. The van der Waals surface area contributed by atoms with Gasteiger partial charge in [0.05, 0.1) is 0 Å². The normalized spacial score (nSPS) is 19.9. The molecule has 1 heterocycles. The first-order chi connectivity index (χ1) is 5.99. The summed E-state index contributed by atoms with van der Waals surface area (Å²) in [6, 6.07) is -0.578. The lowest BCUT2D eigenvalue weighted by molar-refractivity contribution is -0.162. The monoisotopic (exact) mass is 182 g/mol. The topological polar surface area (TPSA) is 58.6 Å². The van der Waals surface area contributed by atoms with Crippen LogP contribution in [0, 0.1) is 12.3 Å². The average Bonchev–Trinajstić information content (AvgIpc) is 2.21. The maximum absolute atomic E-state index is 11.4. The lowest BCUT2D eigenvalue weighted by Crippen LogP contribution is -2.40. The van der Waals surface area contributed by atoms with Crippen molar-refractivity contribution < 1.29 is 14.4 Å². The van der Waals surface area contributed by atoms with Gasteiger partial charge < -0.3 is 5.32 Å². The maximum Gasteiger partial charge on any atom is 0.349 e. The zero-order valence-electron chi connectivity index (χ0n) is 7.46. The molecule has 0 atom stereocenters. The van der Waals surface area contributed by atoms with Crippen molar-refractivity contribution in [1.82, 2.24) is 10.4 Å². The van der Waals surface area contributed by atoms with Crippen LogP contribution in [0.4, 0.5) is 4.79 Å². The molecule has 0 aromatic heterocycles. The number of hydroxylamine groups is 2. The van der Waals surface area contributed by atoms with Crippen LogP contribution in [0.3, 0.4) is 0 Å². The zero-order chi connectivity index (χ0) is 10.1. The third-order valence-electron chi connectivity index (χ3n) is 1.60. The van der Waals surface area contributed by atoms with Crippen molar-refractivity contribution >= 4 is 11.9 Å². The number of rotatable bonds is 2. The number of nitrogens with one attached hydrogen (secondary N) is 1. The summed E-state index contributed by atoms with van der Waals surface area (Å²) in [4.78, 5) is 27.2. The highest BCUT2D eigenvalue weighted by molar-refractivity contribution is 6.05. The highest BCUT2D eigenvalue weighted by Crippen LogP contribution is 2.16. The predicted octanol–water partition coefficient (Wildman–Crippen LogP) is -0.118. The fourth-order valence-corrected chi connectivity index (χ4v) is 0.937. The Labute approximate surface area is 76.0 Å². The van der Waals surface area contributed by atoms with Gasteiger partial charge in [-0.25, -0.2) is 9.63 Å². The van der Waals surface area contributed by atoms with Crippen LogP contribution in [0.5, 0.6) is 0 Å². The van der Waals surface area contributed by atoms with Crippen LogP contribution in [0.2, 0.25) is 0 Å². The minimum Gasteiger partial charge on any atom is -0.322 e. The summed E-state index contributed by atoms with van der Waals surface area (Å²) < 4.78 is 0. The number of nitrogens with zero attached hydrogens (tertiary/aromatic N) is 1. The number of carbonyl (C=O) groups is 2. The van der Waals surface area contributed by atoms with E-state index in [1.165, 1.54) is 0 Å². The summed E-state index contributed by atoms with van der Waals surface area (Å²) in [5.41, 5.74) is -0.911. The number of imide groups is 1. The Balaban J connectivity index is 2.72. The molecule has 1 saturated heterocycles. The molecule has 13 heavy (non-hydrogen) atoms. The van der Waals surface area contributed by atoms with Gasteiger partial charge in [-0.2, -0.15) is 0 Å². The van der Waals surface area contributed by atoms with Crippen LogP contribution < -0.4 is 5.32 Å². The summed E-state index contributed by atoms with van der Waals surface area (Å²) in [5.74, 6) is 1.73. The Bertz CT molecular complexity index is 290. The Morgan fingerprint density at radius 2 is 2.23 bits per heavy atom. The molecule has 5 heteroatoms. The third-order valence-corrected chi connectivity index (χ3v) is 1.60. The molecular formula is C8H10N2O3. The highest BCUT2D eigenvalue weighted by Gasteiger charge is 2.45. The smallest absolute Gasteiger partial charge is 0.322 e. The first-order valence-electron chi connectivity index (χ1n) is 3.72. The molecule has 5 nitrogen and oxygen atoms in total. The van der Waals surface area contributed by atoms with Gasteiger partial charge in [-0.15, -0.1) is 11.5 Å². The van der Waals surface area contributed by atoms with Gasteiger partial charge >= 0.3 is 6.03 Å². The zero-order valence-corrected chi connectivity index (χ0v) is 7.46. The number of amides is 3. The predicted molar refractivity (Wildman–Crippen MR) is 44.2 cm³/mol. The molecule has 1 aliphatic heterocycles. The van der Waals surface area contributed by atoms with E-state index < -0.39 is 17.5 Å². The molecule has 1 rings (SSSR count). The van der Waals surface area contributed by atoms with Crippen LogP contribution in [-0.2, 0) is 9.63 Å². The fourth-order valence-electron chi connectivity index (χ4n) is 0.937. The van der Waals surface area contributed by atoms with Crippen LogP contribution in [0.1, 0.15) is 13.8 Å². The van der Waals surface area contributed by atoms with E-state index in [1.807, 2.05) is 0 Å². The largest absolute Gasteiger partial charge is 0.349 e. The second-order valence-corrected chi connectivity index (χ2v) is 3.13. The summed E-state index contributed by atoms with van der Waals surface area (Å²) in [6.07, 6.45) is 4.92. The van der Waals surface area contributed by atoms with E-state index in [2.05, 4.69) is 11.2 Å². The Morgan fingerprint density at radius 3 is 2.62 bits per heavy atom. The first-order valence-corrected chi connectivity index (χ1v) is 3.72. The lowest BCUT2D eigenvalue weighted by atomic mass is 10.1. The Hall–Kier alpha value is -1.54. The second-order valence-electron chi connectivity index (χ2n) is 3.13. The molecule has 0 aromatic carbocycles. The SMILES string of the molecule is C#CCON1C(=O)NC(C)(C)C1=O. The Morgan fingerprint density at radius 1 is 1.62 bits per heavy atom. The van der Waals surface area contributed by atoms with Gasteiger partial charge in [0.1, 0.15) is 12.1 Å². The van der Waals surface area contributed by atoms with Crippen LogP contribution in [0.15, 0.2) is 0 Å². The van der Waals surface area contributed by atoms with Crippen LogP contribution in [-0.4, -0.2) is 29.1 Å². The van der Waals surface area contributed by atoms with E-state index in [-0.39, 0.29) is 6.61 Å². The molecule has 0 saturated carbocycles. The van der Waals surface area contributed by atoms with Crippen molar-refractivity contribution in [3.8, 4) is 12.3 Å². The van der Waals surface area contributed by atoms with Crippen molar-refractivity contribution in [3.63, 3.8) is 0 Å². The molecule has 70 valence electrons. The van der Waals surface area contributed by atoms with Crippen molar-refractivity contribution in [2.24, 2.45) is 0 Å². The molecule has 1 fully saturated rings. The molecule has 0 unspecified atom stereocenters. The van der Waals surface area contributed by atoms with E-state index in [4.69, 9.17) is 11.3 Å². The van der Waals surface area contributed by atoms with E-state index in [1.54, 1.807) is 13.8 Å². The molecule has 0 spiro atoms. The molecule has 0 radical (unpaired) electrons. The quantitative estimate of drug-likeness (QED) is 0.478. The second kappa shape index (κ2) is 3.07. The standard InChI is InChI=1S/C8H10N2O3/c1-4-5-13-10-6(11)8(2,3)9-7(10)12/h1H,5H2,2-3H3,(H,9,12). The first kappa shape index (κ1) is 9.55. The summed E-state index contributed by atoms with van der Waals surface area (Å²) in [5, 5.41) is 3.10. The molecule has 3 amide bonds. The van der Waals surface area contributed by atoms with E-state index in [0.29, 0.717) is 5.06 Å². The van der Waals surface area contributed by atoms with Gasteiger partial charge in [-0.05, 0) is 13.8 Å². The van der Waals surface area contributed by atoms with Gasteiger partial charge in [0, 0.05) is 0 Å². The van der Waals surface area contributed by atoms with Gasteiger partial charge in [-0.3, -0.25) is 4.79 Å². The van der Waals surface area contributed by atoms with Crippen molar-refractivity contribution in [2.75, 3.05) is 6.61 Å². The van der Waals surface area contributed by atoms with E-state index >= 15 is 0 Å². The fraction of sp³-hybridized carbons (Fsp3) is 0.500. The molecule has 0 aliphatic carbocycles. The van der Waals surface area contributed by atoms with Crippen molar-refractivity contribution in [2.45, 2.75) is 19.4 Å². The summed E-state index contributed by atoms with van der Waals surface area (Å²) >= 11 is 0. The third kappa shape index (κ3) is 1.63. The minimum absolute atomic E-state index is 0.102. The number of terminal acetylenes is 1. The lowest BCUT2D eigenvalue weighted by Gasteiger charge is -2.13. The van der Waals surface area contributed by atoms with E-state index in [9.17, 15) is 9.59 Å². The van der Waals surface area contributed by atoms with E-state index in [0.717, 1.165) is 0 Å². The van der Waals surface area contributed by atoms with Crippen molar-refractivity contribution in [1.29, 1.82) is 0 Å². The van der Waals surface area contributed by atoms with Crippen LogP contribution >= 0.6 is 0 Å². The molecule has 0 aromatic rings. The number of urea groups is 1. The van der Waals surface area contributed by atoms with Crippen molar-refractivity contribution in [3.05, 3.63) is 0 Å². The molecule has 0 bridgehead atoms. The average molecular weight is 182 g/mol. The highest BCUT2D eigenvalue weighted by atomic mass is 16.7. The Kier molecular flexibility index (Phi) is 2.26. The van der Waals surface area contributed by atoms with Gasteiger partial charge in [-0.1, -0.05) is 5.92 Å². The molecule has 1 aliphatic rings. The minimum atomic E-state index is -0.911. The van der Waals surface area contributed by atoms with Gasteiger partial charge in [0.2, 0.25) is 0 Å². The summed E-state index contributed by atoms with van der Waals surface area (Å²) in [7, 11) is 0. The van der Waals surface area contributed by atoms with Gasteiger partial charge in [0.25, 0.3) is 5.91 Å². The van der Waals surface area contributed by atoms with Crippen LogP contribution in [0.25, 0.3) is 0 Å². The summed E-state index contributed by atoms with van der Waals surface area (Å²) in [6.45, 7) is 3.08. The number of hydrogen-bond donors (Lipinski definition) is 1. The molecular weight excluding hydrogens is 172 g/mol.